The quantitative estimate of drug-likeness (QED) is 0.790. The Morgan fingerprint density at radius 2 is 1.52 bits per heavy atom. The predicted molar refractivity (Wildman–Crippen MR) is 95.2 cm³/mol. The highest BCUT2D eigenvalue weighted by atomic mass is 16.2. The van der Waals surface area contributed by atoms with E-state index in [1.54, 1.807) is 0 Å². The normalized spacial score (nSPS) is 27.0. The van der Waals surface area contributed by atoms with Crippen molar-refractivity contribution in [2.24, 2.45) is 23.2 Å². The maximum atomic E-state index is 12.1. The molecule has 3 rings (SSSR count). The summed E-state index contributed by atoms with van der Waals surface area (Å²) in [4.78, 5) is 16.9. The van der Waals surface area contributed by atoms with E-state index in [4.69, 9.17) is 0 Å². The molecule has 0 aromatic heterocycles. The number of amides is 1. The standard InChI is InChI=1S/C20H36N2O/c1-15(2)17-5-9-20(10-6-17)13-22(14-20)18-7-11-21(12-8-18)19(23)16(3)4/h15-18H,5-14H2,1-4H3. The maximum Gasteiger partial charge on any atom is 0.225 e. The van der Waals surface area contributed by atoms with Gasteiger partial charge in [-0.25, -0.2) is 0 Å². The van der Waals surface area contributed by atoms with Crippen LogP contribution in [0.2, 0.25) is 0 Å². The molecule has 0 unspecified atom stereocenters. The first-order chi connectivity index (χ1) is 10.9. The smallest absolute Gasteiger partial charge is 0.225 e. The van der Waals surface area contributed by atoms with Crippen LogP contribution in [0.15, 0.2) is 0 Å². The second-order valence-corrected chi connectivity index (χ2v) is 9.20. The third kappa shape index (κ3) is 3.60. The van der Waals surface area contributed by atoms with Crippen molar-refractivity contribution in [1.29, 1.82) is 0 Å². The fourth-order valence-corrected chi connectivity index (χ4v) is 5.13. The minimum absolute atomic E-state index is 0.148. The highest BCUT2D eigenvalue weighted by molar-refractivity contribution is 5.78. The number of nitrogens with zero attached hydrogens (tertiary/aromatic N) is 2. The summed E-state index contributed by atoms with van der Waals surface area (Å²) >= 11 is 0. The van der Waals surface area contributed by atoms with Crippen molar-refractivity contribution in [1.82, 2.24) is 9.80 Å². The molecule has 0 atom stereocenters. The number of hydrogen-bond donors (Lipinski definition) is 0. The van der Waals surface area contributed by atoms with Gasteiger partial charge in [0.05, 0.1) is 0 Å². The van der Waals surface area contributed by atoms with Crippen molar-refractivity contribution in [3.8, 4) is 0 Å². The van der Waals surface area contributed by atoms with Gasteiger partial charge in [-0.1, -0.05) is 27.7 Å². The molecule has 3 nitrogen and oxygen atoms in total. The first-order valence-electron chi connectivity index (χ1n) is 9.93. The summed E-state index contributed by atoms with van der Waals surface area (Å²) < 4.78 is 0. The van der Waals surface area contributed by atoms with Gasteiger partial charge < -0.3 is 4.90 Å². The van der Waals surface area contributed by atoms with E-state index in [1.165, 1.54) is 51.6 Å². The molecule has 0 aromatic carbocycles. The molecule has 2 heterocycles. The lowest BCUT2D eigenvalue weighted by molar-refractivity contribution is -0.137. The summed E-state index contributed by atoms with van der Waals surface area (Å²) in [5.41, 5.74) is 0.663. The summed E-state index contributed by atoms with van der Waals surface area (Å²) in [6.45, 7) is 13.4. The Morgan fingerprint density at radius 1 is 0.957 bits per heavy atom. The second kappa shape index (κ2) is 6.74. The van der Waals surface area contributed by atoms with Crippen LogP contribution in [0, 0.1) is 23.2 Å². The Kier molecular flexibility index (Phi) is 5.06. The van der Waals surface area contributed by atoms with Gasteiger partial charge in [0.1, 0.15) is 0 Å². The van der Waals surface area contributed by atoms with Gasteiger partial charge in [0.25, 0.3) is 0 Å². The summed E-state index contributed by atoms with van der Waals surface area (Å²) in [6, 6.07) is 0.736. The van der Waals surface area contributed by atoms with Gasteiger partial charge in [0, 0.05) is 38.1 Å². The minimum Gasteiger partial charge on any atom is -0.342 e. The van der Waals surface area contributed by atoms with Crippen molar-refractivity contribution < 1.29 is 4.79 Å². The van der Waals surface area contributed by atoms with Crippen LogP contribution in [-0.4, -0.2) is 47.9 Å². The van der Waals surface area contributed by atoms with Crippen molar-refractivity contribution in [3.63, 3.8) is 0 Å². The van der Waals surface area contributed by atoms with Crippen LogP contribution in [0.5, 0.6) is 0 Å². The van der Waals surface area contributed by atoms with E-state index < -0.39 is 0 Å². The van der Waals surface area contributed by atoms with Crippen LogP contribution in [0.3, 0.4) is 0 Å². The lowest BCUT2D eigenvalue weighted by Gasteiger charge is -2.57. The van der Waals surface area contributed by atoms with Crippen LogP contribution in [0.4, 0.5) is 0 Å². The molecule has 0 radical (unpaired) electrons. The van der Waals surface area contributed by atoms with Gasteiger partial charge in [-0.2, -0.15) is 0 Å². The van der Waals surface area contributed by atoms with E-state index in [0.717, 1.165) is 31.0 Å². The van der Waals surface area contributed by atoms with Crippen molar-refractivity contribution in [3.05, 3.63) is 0 Å². The van der Waals surface area contributed by atoms with E-state index in [2.05, 4.69) is 23.6 Å². The van der Waals surface area contributed by atoms with Crippen LogP contribution in [-0.2, 0) is 4.79 Å². The van der Waals surface area contributed by atoms with E-state index in [-0.39, 0.29) is 5.92 Å². The first-order valence-corrected chi connectivity index (χ1v) is 9.93. The third-order valence-electron chi connectivity index (χ3n) is 6.90. The van der Waals surface area contributed by atoms with Crippen LogP contribution in [0.1, 0.15) is 66.2 Å². The van der Waals surface area contributed by atoms with E-state index in [0.29, 0.717) is 11.3 Å². The van der Waals surface area contributed by atoms with Gasteiger partial charge in [-0.15, -0.1) is 0 Å². The third-order valence-corrected chi connectivity index (χ3v) is 6.90. The summed E-state index contributed by atoms with van der Waals surface area (Å²) in [5, 5.41) is 0. The molecule has 3 heteroatoms. The van der Waals surface area contributed by atoms with Crippen LogP contribution >= 0.6 is 0 Å². The number of carbonyl (C=O) groups excluding carboxylic acids is 1. The number of hydrogen-bond acceptors (Lipinski definition) is 2. The molecule has 23 heavy (non-hydrogen) atoms. The van der Waals surface area contributed by atoms with Gasteiger partial charge in [0.2, 0.25) is 5.91 Å². The van der Waals surface area contributed by atoms with E-state index >= 15 is 0 Å². The molecular formula is C20H36N2O. The minimum atomic E-state index is 0.148. The van der Waals surface area contributed by atoms with Gasteiger partial charge in [0.15, 0.2) is 0 Å². The molecular weight excluding hydrogens is 284 g/mol. The highest BCUT2D eigenvalue weighted by Gasteiger charge is 2.47. The molecule has 132 valence electrons. The van der Waals surface area contributed by atoms with Crippen LogP contribution < -0.4 is 0 Å². The molecule has 1 spiro atoms. The molecule has 3 fully saturated rings. The molecule has 0 bridgehead atoms. The summed E-state index contributed by atoms with van der Waals surface area (Å²) in [6.07, 6.45) is 8.18. The summed E-state index contributed by atoms with van der Waals surface area (Å²) in [5.74, 6) is 2.33. The van der Waals surface area contributed by atoms with Gasteiger partial charge >= 0.3 is 0 Å². The molecule has 0 aromatic rings. The zero-order valence-electron chi connectivity index (χ0n) is 15.7. The number of rotatable bonds is 3. The van der Waals surface area contributed by atoms with Crippen LogP contribution in [0.25, 0.3) is 0 Å². The Bertz CT molecular complexity index is 407. The fourth-order valence-electron chi connectivity index (χ4n) is 5.13. The molecule has 3 aliphatic rings. The molecule has 2 aliphatic heterocycles. The number of likely N-dealkylation sites (tertiary alicyclic amines) is 2. The van der Waals surface area contributed by atoms with E-state index in [1.807, 2.05) is 13.8 Å². The SMILES string of the molecule is CC(C)C(=O)N1CCC(N2CC3(CCC(C(C)C)CC3)C2)CC1. The fraction of sp³-hybridized carbons (Fsp3) is 0.950. The largest absolute Gasteiger partial charge is 0.342 e. The Morgan fingerprint density at radius 3 is 2.00 bits per heavy atom. The monoisotopic (exact) mass is 320 g/mol. The molecule has 0 N–H and O–H groups in total. The number of carbonyl (C=O) groups is 1. The van der Waals surface area contributed by atoms with Crippen molar-refractivity contribution in [2.45, 2.75) is 72.3 Å². The zero-order chi connectivity index (χ0) is 16.6. The average molecular weight is 321 g/mol. The zero-order valence-corrected chi connectivity index (χ0v) is 15.7. The molecule has 1 aliphatic carbocycles. The highest BCUT2D eigenvalue weighted by Crippen LogP contribution is 2.48. The molecule has 1 amide bonds. The lowest BCUT2D eigenvalue weighted by atomic mass is 9.63. The van der Waals surface area contributed by atoms with E-state index in [9.17, 15) is 4.79 Å². The first kappa shape index (κ1) is 17.3. The maximum absolute atomic E-state index is 12.1. The van der Waals surface area contributed by atoms with Crippen molar-refractivity contribution in [2.75, 3.05) is 26.2 Å². The predicted octanol–water partition coefficient (Wildman–Crippen LogP) is 3.78. The Balaban J connectivity index is 1.42. The Labute approximate surface area is 142 Å². The van der Waals surface area contributed by atoms with Gasteiger partial charge in [-0.05, 0) is 55.8 Å². The van der Waals surface area contributed by atoms with Gasteiger partial charge in [-0.3, -0.25) is 9.69 Å². The molecule has 1 saturated carbocycles. The Hall–Kier alpha value is -0.570. The molecule has 2 saturated heterocycles. The average Bonchev–Trinajstić information content (AvgIpc) is 2.52. The topological polar surface area (TPSA) is 23.6 Å². The second-order valence-electron chi connectivity index (χ2n) is 9.20. The lowest BCUT2D eigenvalue weighted by Crippen LogP contribution is -2.62. The number of piperidine rings is 1. The summed E-state index contributed by atoms with van der Waals surface area (Å²) in [7, 11) is 0. The van der Waals surface area contributed by atoms with Crippen molar-refractivity contribution >= 4 is 5.91 Å².